The summed E-state index contributed by atoms with van der Waals surface area (Å²) in [6.07, 6.45) is 0.515. The number of Topliss-reactive ketones (excluding diaryl/α,β-unsaturated/α-hetero) is 1. The summed E-state index contributed by atoms with van der Waals surface area (Å²) in [5.74, 6) is -0.946. The average Bonchev–Trinajstić information content (AvgIpc) is 2.09. The molecule has 1 aliphatic heterocycles. The van der Waals surface area contributed by atoms with Gasteiger partial charge in [0.05, 0.1) is 12.8 Å². The molecular formula is C5H5NO3S. The van der Waals surface area contributed by atoms with Crippen molar-refractivity contribution in [2.75, 3.05) is 6.54 Å². The molecule has 0 saturated carbocycles. The number of amides is 1. The summed E-state index contributed by atoms with van der Waals surface area (Å²) < 4.78 is 0.949. The maximum absolute atomic E-state index is 10.7. The smallest absolute Gasteiger partial charge is 0.270 e. The van der Waals surface area contributed by atoms with Gasteiger partial charge >= 0.3 is 0 Å². The molecule has 0 radical (unpaired) electrons. The lowest BCUT2D eigenvalue weighted by Gasteiger charge is -1.99. The molecule has 1 aliphatic rings. The largest absolute Gasteiger partial charge is 0.515 e. The van der Waals surface area contributed by atoms with Crippen LogP contribution in [0.2, 0.25) is 0 Å². The molecule has 0 unspecified atom stereocenters. The van der Waals surface area contributed by atoms with Gasteiger partial charge in [0.1, 0.15) is 5.57 Å². The molecule has 1 fully saturated rings. The van der Waals surface area contributed by atoms with E-state index in [1.54, 1.807) is 0 Å². The first-order valence-corrected chi connectivity index (χ1v) is 2.95. The SMILES string of the molecule is O=C1CN(S)C(=O)/C1=C\O. The highest BCUT2D eigenvalue weighted by atomic mass is 32.1. The predicted molar refractivity (Wildman–Crippen MR) is 36.4 cm³/mol. The summed E-state index contributed by atoms with van der Waals surface area (Å²) in [5, 5.41) is 8.36. The Labute approximate surface area is 62.7 Å². The molecule has 0 aromatic heterocycles. The van der Waals surface area contributed by atoms with Crippen LogP contribution in [-0.4, -0.2) is 27.6 Å². The van der Waals surface area contributed by atoms with Gasteiger partial charge in [-0.05, 0) is 0 Å². The summed E-state index contributed by atoms with van der Waals surface area (Å²) in [7, 11) is 0. The summed E-state index contributed by atoms with van der Waals surface area (Å²) in [6, 6.07) is 0. The number of thiol groups is 1. The van der Waals surface area contributed by atoms with Gasteiger partial charge in [-0.1, -0.05) is 12.8 Å². The Hall–Kier alpha value is -0.970. The van der Waals surface area contributed by atoms with Gasteiger partial charge in [0.15, 0.2) is 5.78 Å². The number of nitrogens with zero attached hydrogens (tertiary/aromatic N) is 1. The van der Waals surface area contributed by atoms with E-state index in [4.69, 9.17) is 5.11 Å². The van der Waals surface area contributed by atoms with Crippen LogP contribution >= 0.6 is 12.8 Å². The van der Waals surface area contributed by atoms with Crippen molar-refractivity contribution in [1.29, 1.82) is 0 Å². The average molecular weight is 159 g/mol. The molecule has 0 aromatic rings. The molecule has 1 heterocycles. The maximum Gasteiger partial charge on any atom is 0.270 e. The van der Waals surface area contributed by atoms with Crippen molar-refractivity contribution in [3.8, 4) is 0 Å². The van der Waals surface area contributed by atoms with Crippen molar-refractivity contribution in [3.63, 3.8) is 0 Å². The minimum atomic E-state index is -0.546. The Morgan fingerprint density at radius 2 is 2.20 bits per heavy atom. The zero-order valence-corrected chi connectivity index (χ0v) is 5.84. The van der Waals surface area contributed by atoms with Gasteiger partial charge < -0.3 is 5.11 Å². The minimum Gasteiger partial charge on any atom is -0.515 e. The highest BCUT2D eigenvalue weighted by Gasteiger charge is 2.31. The van der Waals surface area contributed by atoms with Gasteiger partial charge in [-0.25, -0.2) is 0 Å². The fourth-order valence-electron chi connectivity index (χ4n) is 0.679. The number of aliphatic hydroxyl groups excluding tert-OH is 1. The molecule has 1 saturated heterocycles. The lowest BCUT2D eigenvalue weighted by Crippen LogP contribution is -2.12. The number of hydrogen-bond acceptors (Lipinski definition) is 4. The highest BCUT2D eigenvalue weighted by molar-refractivity contribution is 7.78. The van der Waals surface area contributed by atoms with Gasteiger partial charge in [-0.3, -0.25) is 13.9 Å². The Balaban J connectivity index is 2.96. The number of hydrogen-bond donors (Lipinski definition) is 2. The van der Waals surface area contributed by atoms with Crippen LogP contribution in [0.25, 0.3) is 0 Å². The molecule has 0 aliphatic carbocycles. The Morgan fingerprint density at radius 3 is 2.40 bits per heavy atom. The van der Waals surface area contributed by atoms with Crippen molar-refractivity contribution in [2.45, 2.75) is 0 Å². The van der Waals surface area contributed by atoms with Crippen molar-refractivity contribution >= 4 is 24.5 Å². The van der Waals surface area contributed by atoms with E-state index in [1.807, 2.05) is 0 Å². The van der Waals surface area contributed by atoms with E-state index in [0.29, 0.717) is 6.26 Å². The summed E-state index contributed by atoms with van der Waals surface area (Å²) in [5.41, 5.74) is -0.199. The van der Waals surface area contributed by atoms with E-state index in [2.05, 4.69) is 12.8 Å². The fraction of sp³-hybridized carbons (Fsp3) is 0.200. The molecule has 0 spiro atoms. The zero-order valence-electron chi connectivity index (χ0n) is 4.94. The van der Waals surface area contributed by atoms with Crippen LogP contribution in [0.15, 0.2) is 11.8 Å². The lowest BCUT2D eigenvalue weighted by molar-refractivity contribution is -0.120. The standard InChI is InChI=1S/C5H5NO3S/c7-2-3-4(8)1-6(10)5(3)9/h2,7,10H,1H2/b3-2-. The summed E-state index contributed by atoms with van der Waals surface area (Å²) in [4.78, 5) is 21.4. The third kappa shape index (κ3) is 0.881. The van der Waals surface area contributed by atoms with E-state index in [-0.39, 0.29) is 12.1 Å². The summed E-state index contributed by atoms with van der Waals surface area (Å²) in [6.45, 7) is -0.0612. The van der Waals surface area contributed by atoms with Crippen LogP contribution in [0, 0.1) is 0 Å². The van der Waals surface area contributed by atoms with Gasteiger partial charge in [-0.2, -0.15) is 0 Å². The third-order valence-corrected chi connectivity index (χ3v) is 1.51. The van der Waals surface area contributed by atoms with Crippen LogP contribution in [0.5, 0.6) is 0 Å². The predicted octanol–water partition coefficient (Wildman–Crippen LogP) is -0.316. The number of aliphatic hydroxyl groups is 1. The third-order valence-electron chi connectivity index (χ3n) is 1.19. The van der Waals surface area contributed by atoms with E-state index in [1.165, 1.54) is 0 Å². The fourth-order valence-corrected chi connectivity index (χ4v) is 0.915. The molecule has 1 amide bonds. The van der Waals surface area contributed by atoms with Gasteiger partial charge in [0.2, 0.25) is 0 Å². The van der Waals surface area contributed by atoms with Crippen LogP contribution in [0.4, 0.5) is 0 Å². The highest BCUT2D eigenvalue weighted by Crippen LogP contribution is 2.13. The van der Waals surface area contributed by atoms with Gasteiger partial charge in [-0.15, -0.1) is 0 Å². The normalized spacial score (nSPS) is 22.9. The minimum absolute atomic E-state index is 0.0612. The van der Waals surface area contributed by atoms with E-state index < -0.39 is 11.7 Å². The van der Waals surface area contributed by atoms with Crippen LogP contribution in [-0.2, 0) is 9.59 Å². The molecule has 0 aromatic carbocycles. The van der Waals surface area contributed by atoms with Crippen LogP contribution in [0.3, 0.4) is 0 Å². The number of rotatable bonds is 0. The molecule has 10 heavy (non-hydrogen) atoms. The topological polar surface area (TPSA) is 57.6 Å². The van der Waals surface area contributed by atoms with Gasteiger partial charge in [0.25, 0.3) is 5.91 Å². The van der Waals surface area contributed by atoms with Crippen LogP contribution in [0.1, 0.15) is 0 Å². The molecule has 0 atom stereocenters. The molecular weight excluding hydrogens is 154 g/mol. The molecule has 4 nitrogen and oxygen atoms in total. The van der Waals surface area contributed by atoms with E-state index >= 15 is 0 Å². The monoisotopic (exact) mass is 159 g/mol. The first-order valence-electron chi connectivity index (χ1n) is 2.55. The quantitative estimate of drug-likeness (QED) is 0.220. The first kappa shape index (κ1) is 7.14. The molecule has 1 rings (SSSR count). The maximum atomic E-state index is 10.7. The Kier molecular flexibility index (Phi) is 1.67. The molecule has 54 valence electrons. The van der Waals surface area contributed by atoms with Crippen molar-refractivity contribution in [2.24, 2.45) is 0 Å². The number of ketones is 1. The van der Waals surface area contributed by atoms with E-state index in [9.17, 15) is 9.59 Å². The summed E-state index contributed by atoms with van der Waals surface area (Å²) >= 11 is 3.67. The number of carbonyl (C=O) groups is 2. The second-order valence-corrected chi connectivity index (χ2v) is 2.31. The second-order valence-electron chi connectivity index (χ2n) is 1.83. The molecule has 1 N–H and O–H groups in total. The van der Waals surface area contributed by atoms with Gasteiger partial charge in [0, 0.05) is 0 Å². The zero-order chi connectivity index (χ0) is 7.72. The first-order chi connectivity index (χ1) is 4.66. The second kappa shape index (κ2) is 2.34. The van der Waals surface area contributed by atoms with Crippen molar-refractivity contribution in [1.82, 2.24) is 4.31 Å². The van der Waals surface area contributed by atoms with E-state index in [0.717, 1.165) is 4.31 Å². The molecule has 5 heteroatoms. The van der Waals surface area contributed by atoms with Crippen molar-refractivity contribution < 1.29 is 14.7 Å². The molecule has 0 bridgehead atoms. The number of carbonyl (C=O) groups excluding carboxylic acids is 2. The Bertz CT molecular complexity index is 223. The van der Waals surface area contributed by atoms with Crippen molar-refractivity contribution in [3.05, 3.63) is 11.8 Å². The lowest BCUT2D eigenvalue weighted by atomic mass is 10.2. The Morgan fingerprint density at radius 1 is 1.60 bits per heavy atom. The van der Waals surface area contributed by atoms with Crippen LogP contribution < -0.4 is 0 Å².